The molecule has 0 saturated heterocycles. The molecule has 1 heterocycles. The summed E-state index contributed by atoms with van der Waals surface area (Å²) < 4.78 is 3.25. The highest BCUT2D eigenvalue weighted by molar-refractivity contribution is 9.10. The Hall–Kier alpha value is -2.57. The molecule has 0 aliphatic rings. The van der Waals surface area contributed by atoms with Crippen molar-refractivity contribution in [3.05, 3.63) is 87.1 Å². The summed E-state index contributed by atoms with van der Waals surface area (Å²) in [7, 11) is 0. The number of para-hydroxylation sites is 1. The van der Waals surface area contributed by atoms with Crippen LogP contribution in [0.3, 0.4) is 0 Å². The van der Waals surface area contributed by atoms with Gasteiger partial charge in [0.1, 0.15) is 0 Å². The third-order valence-electron chi connectivity index (χ3n) is 4.40. The maximum atomic E-state index is 9.60. The Labute approximate surface area is 157 Å². The van der Waals surface area contributed by atoms with Gasteiger partial charge >= 0.3 is 0 Å². The van der Waals surface area contributed by atoms with Gasteiger partial charge in [-0.1, -0.05) is 46.3 Å². The van der Waals surface area contributed by atoms with E-state index in [1.165, 1.54) is 11.3 Å². The molecule has 0 spiro atoms. The lowest BCUT2D eigenvalue weighted by molar-refractivity contribution is 0.954. The van der Waals surface area contributed by atoms with Crippen molar-refractivity contribution in [1.29, 1.82) is 5.26 Å². The number of hydrogen-bond acceptors (Lipinski definition) is 1. The highest BCUT2D eigenvalue weighted by Crippen LogP contribution is 2.27. The van der Waals surface area contributed by atoms with Crippen molar-refractivity contribution in [2.75, 3.05) is 0 Å². The van der Waals surface area contributed by atoms with E-state index in [0.717, 1.165) is 27.0 Å². The largest absolute Gasteiger partial charge is 0.318 e. The molecule has 0 atom stereocenters. The smallest absolute Gasteiger partial charge is 0.0998 e. The number of nitriles is 1. The molecule has 0 aliphatic heterocycles. The Morgan fingerprint density at radius 2 is 1.72 bits per heavy atom. The van der Waals surface area contributed by atoms with Crippen LogP contribution in [0.25, 0.3) is 17.3 Å². The summed E-state index contributed by atoms with van der Waals surface area (Å²) in [4.78, 5) is 0. The summed E-state index contributed by atoms with van der Waals surface area (Å²) in [6, 6.07) is 20.6. The van der Waals surface area contributed by atoms with Crippen LogP contribution in [0.4, 0.5) is 0 Å². The van der Waals surface area contributed by atoms with Gasteiger partial charge in [-0.2, -0.15) is 5.26 Å². The second-order valence-corrected chi connectivity index (χ2v) is 7.04. The van der Waals surface area contributed by atoms with Gasteiger partial charge in [0.05, 0.1) is 11.6 Å². The highest BCUT2D eigenvalue weighted by Gasteiger charge is 2.12. The molecule has 25 heavy (non-hydrogen) atoms. The van der Waals surface area contributed by atoms with Crippen molar-refractivity contribution in [2.24, 2.45) is 0 Å². The maximum absolute atomic E-state index is 9.60. The molecular weight excluding hydrogens is 372 g/mol. The predicted octanol–water partition coefficient (Wildman–Crippen LogP) is 6.23. The molecule has 2 nitrogen and oxygen atoms in total. The Bertz CT molecular complexity index is 986. The van der Waals surface area contributed by atoms with Crippen molar-refractivity contribution < 1.29 is 0 Å². The van der Waals surface area contributed by atoms with Crippen LogP contribution < -0.4 is 0 Å². The quantitative estimate of drug-likeness (QED) is 0.487. The van der Waals surface area contributed by atoms with E-state index >= 15 is 0 Å². The first-order valence-electron chi connectivity index (χ1n) is 8.14. The number of aryl methyl sites for hydroxylation is 2. The van der Waals surface area contributed by atoms with Crippen LogP contribution >= 0.6 is 15.9 Å². The Kier molecular flexibility index (Phi) is 4.92. The minimum absolute atomic E-state index is 0.664. The maximum Gasteiger partial charge on any atom is 0.0998 e. The second kappa shape index (κ2) is 7.13. The third-order valence-corrected chi connectivity index (χ3v) is 4.93. The van der Waals surface area contributed by atoms with Crippen molar-refractivity contribution in [3.63, 3.8) is 0 Å². The number of hydrogen-bond donors (Lipinski definition) is 0. The van der Waals surface area contributed by atoms with E-state index in [1.807, 2.05) is 30.3 Å². The predicted molar refractivity (Wildman–Crippen MR) is 108 cm³/mol. The molecule has 3 aromatic rings. The van der Waals surface area contributed by atoms with Gasteiger partial charge in [-0.15, -0.1) is 0 Å². The van der Waals surface area contributed by atoms with Crippen LogP contribution in [0.15, 0.2) is 59.1 Å². The summed E-state index contributed by atoms with van der Waals surface area (Å²) in [5, 5.41) is 9.60. The number of nitrogens with zero attached hydrogens (tertiary/aromatic N) is 2. The first kappa shape index (κ1) is 17.3. The molecule has 0 fully saturated rings. The normalized spacial score (nSPS) is 11.4. The Balaban J connectivity index is 2.10. The molecule has 124 valence electrons. The average molecular weight is 391 g/mol. The summed E-state index contributed by atoms with van der Waals surface area (Å²) in [6.45, 7) is 6.32. The molecular formula is C22H19BrN2. The second-order valence-electron chi connectivity index (χ2n) is 6.13. The zero-order valence-electron chi connectivity index (χ0n) is 14.5. The van der Waals surface area contributed by atoms with E-state index < -0.39 is 0 Å². The zero-order valence-corrected chi connectivity index (χ0v) is 16.1. The fourth-order valence-corrected chi connectivity index (χ4v) is 3.35. The van der Waals surface area contributed by atoms with E-state index in [1.54, 1.807) is 0 Å². The van der Waals surface area contributed by atoms with Gasteiger partial charge in [0.25, 0.3) is 0 Å². The van der Waals surface area contributed by atoms with Crippen molar-refractivity contribution >= 4 is 27.6 Å². The SMILES string of the molecule is Cc1ccccc1-n1c(C)cc(/C=C(/C#N)c2ccc(Br)cc2)c1C. The van der Waals surface area contributed by atoms with Gasteiger partial charge < -0.3 is 4.57 Å². The fourth-order valence-electron chi connectivity index (χ4n) is 3.08. The minimum Gasteiger partial charge on any atom is -0.318 e. The number of aromatic nitrogens is 1. The van der Waals surface area contributed by atoms with Crippen molar-refractivity contribution in [1.82, 2.24) is 4.57 Å². The molecule has 0 radical (unpaired) electrons. The van der Waals surface area contributed by atoms with Crippen molar-refractivity contribution in [2.45, 2.75) is 20.8 Å². The molecule has 0 saturated carbocycles. The number of allylic oxidation sites excluding steroid dienone is 1. The van der Waals surface area contributed by atoms with E-state index in [4.69, 9.17) is 0 Å². The monoisotopic (exact) mass is 390 g/mol. The van der Waals surface area contributed by atoms with Crippen LogP contribution in [0.2, 0.25) is 0 Å². The summed E-state index contributed by atoms with van der Waals surface area (Å²) in [5.41, 5.74) is 7.36. The zero-order chi connectivity index (χ0) is 18.0. The molecule has 1 aromatic heterocycles. The van der Waals surface area contributed by atoms with Crippen molar-refractivity contribution in [3.8, 4) is 11.8 Å². The minimum atomic E-state index is 0.664. The number of benzene rings is 2. The molecule has 0 unspecified atom stereocenters. The van der Waals surface area contributed by atoms with Gasteiger partial charge in [-0.05, 0) is 67.8 Å². The third kappa shape index (κ3) is 3.45. The molecule has 0 aliphatic carbocycles. The molecule has 3 heteroatoms. The van der Waals surface area contributed by atoms with Gasteiger partial charge in [0, 0.05) is 21.5 Å². The highest BCUT2D eigenvalue weighted by atomic mass is 79.9. The molecule has 0 bridgehead atoms. The van der Waals surface area contributed by atoms with Crippen LogP contribution in [0.5, 0.6) is 0 Å². The van der Waals surface area contributed by atoms with Crippen LogP contribution in [-0.2, 0) is 0 Å². The average Bonchev–Trinajstić information content (AvgIpc) is 2.88. The van der Waals surface area contributed by atoms with Crippen LogP contribution in [0.1, 0.15) is 28.1 Å². The van der Waals surface area contributed by atoms with E-state index in [0.29, 0.717) is 5.57 Å². The standard InChI is InChI=1S/C22H19BrN2/c1-15-6-4-5-7-22(15)25-16(2)12-19(17(25)3)13-20(14-24)18-8-10-21(23)11-9-18/h4-13H,1-3H3/b20-13-. The number of rotatable bonds is 3. The van der Waals surface area contributed by atoms with Gasteiger partial charge in [-0.3, -0.25) is 0 Å². The van der Waals surface area contributed by atoms with Gasteiger partial charge in [-0.25, -0.2) is 0 Å². The first-order valence-corrected chi connectivity index (χ1v) is 8.93. The molecule has 0 N–H and O–H groups in total. The summed E-state index contributed by atoms with van der Waals surface area (Å²) >= 11 is 3.43. The molecule has 3 rings (SSSR count). The van der Waals surface area contributed by atoms with Crippen LogP contribution in [-0.4, -0.2) is 4.57 Å². The lowest BCUT2D eigenvalue weighted by Crippen LogP contribution is -2.01. The lowest BCUT2D eigenvalue weighted by Gasteiger charge is -2.12. The topological polar surface area (TPSA) is 28.7 Å². The molecule has 0 amide bonds. The Morgan fingerprint density at radius 1 is 1.04 bits per heavy atom. The van der Waals surface area contributed by atoms with E-state index in [2.05, 4.69) is 77.7 Å². The van der Waals surface area contributed by atoms with E-state index in [9.17, 15) is 5.26 Å². The molecule has 2 aromatic carbocycles. The van der Waals surface area contributed by atoms with E-state index in [-0.39, 0.29) is 0 Å². The number of halogens is 1. The summed E-state index contributed by atoms with van der Waals surface area (Å²) in [5.74, 6) is 0. The lowest BCUT2D eigenvalue weighted by atomic mass is 10.0. The summed E-state index contributed by atoms with van der Waals surface area (Å²) in [6.07, 6.45) is 1.97. The van der Waals surface area contributed by atoms with Gasteiger partial charge in [0.2, 0.25) is 0 Å². The Morgan fingerprint density at radius 3 is 2.36 bits per heavy atom. The fraction of sp³-hybridized carbons (Fsp3) is 0.136. The van der Waals surface area contributed by atoms with Gasteiger partial charge in [0.15, 0.2) is 0 Å². The van der Waals surface area contributed by atoms with Crippen LogP contribution in [0, 0.1) is 32.1 Å². The first-order chi connectivity index (χ1) is 12.0.